The Labute approximate surface area is 186 Å². The zero-order chi connectivity index (χ0) is 22.2. The van der Waals surface area contributed by atoms with Crippen LogP contribution in [0.1, 0.15) is 43.7 Å². The largest absolute Gasteiger partial charge is 0.493 e. The minimum absolute atomic E-state index is 0.0539. The smallest absolute Gasteiger partial charge is 0.239 e. The van der Waals surface area contributed by atoms with Crippen LogP contribution < -0.4 is 9.47 Å². The number of benzene rings is 1. The number of hydrogen-bond acceptors (Lipinski definition) is 9. The van der Waals surface area contributed by atoms with Gasteiger partial charge in [0.25, 0.3) is 0 Å². The number of aromatic nitrogens is 5. The molecular weight excluding hydrogens is 418 g/mol. The molecule has 3 aromatic rings. The second-order valence-corrected chi connectivity index (χ2v) is 8.24. The molecule has 0 saturated heterocycles. The predicted octanol–water partition coefficient (Wildman–Crippen LogP) is 4.19. The van der Waals surface area contributed by atoms with Crippen molar-refractivity contribution in [1.82, 2.24) is 24.9 Å². The van der Waals surface area contributed by atoms with Gasteiger partial charge >= 0.3 is 0 Å². The highest BCUT2D eigenvalue weighted by Crippen LogP contribution is 2.36. The summed E-state index contributed by atoms with van der Waals surface area (Å²) >= 11 is 1.54. The summed E-state index contributed by atoms with van der Waals surface area (Å²) in [5, 5.41) is 13.7. The molecule has 0 spiro atoms. The van der Waals surface area contributed by atoms with Gasteiger partial charge in [-0.15, -0.1) is 10.2 Å². The third-order valence-corrected chi connectivity index (χ3v) is 5.74. The first-order chi connectivity index (χ1) is 15.1. The second kappa shape index (κ2) is 11.1. The molecule has 0 fully saturated rings. The maximum absolute atomic E-state index is 5.45. The predicted molar refractivity (Wildman–Crippen MR) is 118 cm³/mol. The van der Waals surface area contributed by atoms with Gasteiger partial charge < -0.3 is 23.3 Å². The van der Waals surface area contributed by atoms with Gasteiger partial charge in [-0.25, -0.2) is 0 Å². The lowest BCUT2D eigenvalue weighted by Crippen LogP contribution is -2.06. The first-order valence-electron chi connectivity index (χ1n) is 10.2. The van der Waals surface area contributed by atoms with Crippen molar-refractivity contribution in [2.45, 2.75) is 50.1 Å². The summed E-state index contributed by atoms with van der Waals surface area (Å²) < 4.78 is 23.6. The molecule has 1 unspecified atom stereocenters. The van der Waals surface area contributed by atoms with Crippen molar-refractivity contribution in [3.8, 4) is 22.9 Å². The molecule has 0 bridgehead atoms. The lowest BCUT2D eigenvalue weighted by molar-refractivity contribution is 0.189. The minimum atomic E-state index is -0.0539. The zero-order valence-electron chi connectivity index (χ0n) is 18.6. The molecule has 1 aromatic carbocycles. The Balaban J connectivity index is 1.89. The van der Waals surface area contributed by atoms with Crippen LogP contribution >= 0.6 is 11.8 Å². The van der Waals surface area contributed by atoms with E-state index in [1.165, 1.54) is 0 Å². The molecule has 9 nitrogen and oxygen atoms in total. The fraction of sp³-hybridized carbons (Fsp3) is 0.524. The molecular formula is C21H29N5O4S. The van der Waals surface area contributed by atoms with Gasteiger partial charge in [0.15, 0.2) is 28.3 Å². The fourth-order valence-electron chi connectivity index (χ4n) is 3.10. The number of rotatable bonds is 12. The van der Waals surface area contributed by atoms with Crippen molar-refractivity contribution in [2.75, 3.05) is 27.9 Å². The van der Waals surface area contributed by atoms with E-state index in [4.69, 9.17) is 18.7 Å². The molecule has 0 N–H and O–H groups in total. The summed E-state index contributed by atoms with van der Waals surface area (Å²) in [7, 11) is 4.93. The summed E-state index contributed by atoms with van der Waals surface area (Å²) in [6.07, 6.45) is 2.61. The quantitative estimate of drug-likeness (QED) is 0.299. The molecule has 0 amide bonds. The van der Waals surface area contributed by atoms with Crippen LogP contribution in [-0.4, -0.2) is 52.8 Å². The molecule has 10 heteroatoms. The van der Waals surface area contributed by atoms with E-state index in [0.29, 0.717) is 30.5 Å². The highest BCUT2D eigenvalue weighted by atomic mass is 32.2. The van der Waals surface area contributed by atoms with Gasteiger partial charge in [-0.3, -0.25) is 0 Å². The molecule has 0 radical (unpaired) electrons. The Kier molecular flexibility index (Phi) is 8.30. The Morgan fingerprint density at radius 3 is 2.65 bits per heavy atom. The molecule has 1 atom stereocenters. The van der Waals surface area contributed by atoms with E-state index in [0.717, 1.165) is 41.6 Å². The van der Waals surface area contributed by atoms with Crippen LogP contribution in [0.4, 0.5) is 0 Å². The van der Waals surface area contributed by atoms with Gasteiger partial charge in [0.1, 0.15) is 0 Å². The summed E-state index contributed by atoms with van der Waals surface area (Å²) in [6, 6.07) is 5.72. The third-order valence-electron chi connectivity index (χ3n) is 4.68. The Morgan fingerprint density at radius 1 is 1.13 bits per heavy atom. The monoisotopic (exact) mass is 447 g/mol. The molecule has 168 valence electrons. The third kappa shape index (κ3) is 5.56. The standard InChI is InChI=1S/C21H29N5O4S/c1-6-8-18-22-20(30-25-18)14(2)31-21-24-23-19(26(21)11-7-12-27-3)15-9-10-16(28-4)17(13-15)29-5/h9-10,13-14H,6-8,11-12H2,1-5H3. The normalized spacial score (nSPS) is 12.2. The van der Waals surface area contributed by atoms with Crippen LogP contribution in [0.3, 0.4) is 0 Å². The van der Waals surface area contributed by atoms with Crippen LogP contribution in [0.5, 0.6) is 11.5 Å². The first-order valence-corrected chi connectivity index (χ1v) is 11.1. The number of aryl methyl sites for hydroxylation is 1. The van der Waals surface area contributed by atoms with Gasteiger partial charge in [-0.05, 0) is 38.0 Å². The van der Waals surface area contributed by atoms with E-state index in [2.05, 4.69) is 31.8 Å². The molecule has 0 aliphatic heterocycles. The van der Waals surface area contributed by atoms with Crippen molar-refractivity contribution in [3.05, 3.63) is 29.9 Å². The highest BCUT2D eigenvalue weighted by Gasteiger charge is 2.22. The topological polar surface area (TPSA) is 97.3 Å². The van der Waals surface area contributed by atoms with Crippen molar-refractivity contribution in [1.29, 1.82) is 0 Å². The van der Waals surface area contributed by atoms with E-state index in [1.807, 2.05) is 25.1 Å². The van der Waals surface area contributed by atoms with Gasteiger partial charge in [-0.2, -0.15) is 4.98 Å². The Bertz CT molecular complexity index is 975. The molecule has 0 aliphatic carbocycles. The van der Waals surface area contributed by atoms with Crippen LogP contribution in [0.25, 0.3) is 11.4 Å². The Hall–Kier alpha value is -2.59. The van der Waals surface area contributed by atoms with Gasteiger partial charge in [0, 0.05) is 32.2 Å². The lowest BCUT2D eigenvalue weighted by atomic mass is 10.2. The Morgan fingerprint density at radius 2 is 1.94 bits per heavy atom. The number of nitrogens with zero attached hydrogens (tertiary/aromatic N) is 5. The zero-order valence-corrected chi connectivity index (χ0v) is 19.4. The minimum Gasteiger partial charge on any atom is -0.493 e. The van der Waals surface area contributed by atoms with Crippen LogP contribution in [0.15, 0.2) is 27.9 Å². The van der Waals surface area contributed by atoms with E-state index >= 15 is 0 Å². The van der Waals surface area contributed by atoms with Crippen molar-refractivity contribution >= 4 is 11.8 Å². The van der Waals surface area contributed by atoms with Crippen molar-refractivity contribution in [3.63, 3.8) is 0 Å². The fourth-order valence-corrected chi connectivity index (χ4v) is 4.01. The number of methoxy groups -OCH3 is 3. The van der Waals surface area contributed by atoms with E-state index in [1.54, 1.807) is 33.1 Å². The van der Waals surface area contributed by atoms with Gasteiger partial charge in [0.05, 0.1) is 19.5 Å². The first kappa shape index (κ1) is 23.1. The molecule has 3 rings (SSSR count). The molecule has 0 aliphatic rings. The number of thioether (sulfide) groups is 1. The maximum Gasteiger partial charge on any atom is 0.239 e. The number of hydrogen-bond donors (Lipinski definition) is 0. The van der Waals surface area contributed by atoms with Crippen LogP contribution in [-0.2, 0) is 17.7 Å². The summed E-state index contributed by atoms with van der Waals surface area (Å²) in [4.78, 5) is 4.50. The summed E-state index contributed by atoms with van der Waals surface area (Å²) in [6.45, 7) is 5.47. The second-order valence-electron chi connectivity index (χ2n) is 6.93. The highest BCUT2D eigenvalue weighted by molar-refractivity contribution is 7.99. The molecule has 31 heavy (non-hydrogen) atoms. The van der Waals surface area contributed by atoms with Crippen LogP contribution in [0.2, 0.25) is 0 Å². The summed E-state index contributed by atoms with van der Waals surface area (Å²) in [5.41, 5.74) is 0.894. The van der Waals surface area contributed by atoms with Gasteiger partial charge in [0.2, 0.25) is 5.89 Å². The van der Waals surface area contributed by atoms with Gasteiger partial charge in [-0.1, -0.05) is 23.8 Å². The summed E-state index contributed by atoms with van der Waals surface area (Å²) in [5.74, 6) is 3.39. The molecule has 2 aromatic heterocycles. The lowest BCUT2D eigenvalue weighted by Gasteiger charge is -2.13. The van der Waals surface area contributed by atoms with Crippen molar-refractivity contribution in [2.24, 2.45) is 0 Å². The average molecular weight is 448 g/mol. The van der Waals surface area contributed by atoms with Crippen LogP contribution in [0, 0.1) is 0 Å². The van der Waals surface area contributed by atoms with E-state index in [-0.39, 0.29) is 5.25 Å². The molecule has 0 saturated carbocycles. The maximum atomic E-state index is 5.45. The average Bonchev–Trinajstić information content (AvgIpc) is 3.41. The molecule has 2 heterocycles. The SMILES string of the molecule is CCCc1noc(C(C)Sc2nnc(-c3ccc(OC)c(OC)c3)n2CCCOC)n1. The van der Waals surface area contributed by atoms with E-state index in [9.17, 15) is 0 Å². The van der Waals surface area contributed by atoms with E-state index < -0.39 is 0 Å². The van der Waals surface area contributed by atoms with Crippen molar-refractivity contribution < 1.29 is 18.7 Å². The number of ether oxygens (including phenoxy) is 3.